The molecule has 2 rings (SSSR count). The van der Waals surface area contributed by atoms with Crippen molar-refractivity contribution < 1.29 is 14.7 Å². The summed E-state index contributed by atoms with van der Waals surface area (Å²) >= 11 is 0. The fraction of sp³-hybridized carbons (Fsp3) is 0.533. The van der Waals surface area contributed by atoms with Gasteiger partial charge in [0.1, 0.15) is 0 Å². The third kappa shape index (κ3) is 4.44. The second kappa shape index (κ2) is 7.06. The Hall–Kier alpha value is -2.11. The van der Waals surface area contributed by atoms with Crippen LogP contribution in [0, 0.1) is 0 Å². The summed E-state index contributed by atoms with van der Waals surface area (Å²) in [6.45, 7) is 0.558. The van der Waals surface area contributed by atoms with Crippen LogP contribution in [0.5, 0.6) is 0 Å². The molecule has 0 atom stereocenters. The third-order valence-corrected chi connectivity index (χ3v) is 3.66. The van der Waals surface area contributed by atoms with Gasteiger partial charge in [-0.25, -0.2) is 4.79 Å². The van der Waals surface area contributed by atoms with E-state index in [4.69, 9.17) is 5.11 Å². The Kier molecular flexibility index (Phi) is 5.14. The van der Waals surface area contributed by atoms with Gasteiger partial charge in [0, 0.05) is 19.3 Å². The Balaban J connectivity index is 1.85. The zero-order valence-corrected chi connectivity index (χ0v) is 12.3. The second-order valence-corrected chi connectivity index (χ2v) is 5.34. The molecule has 2 N–H and O–H groups in total. The van der Waals surface area contributed by atoms with E-state index < -0.39 is 5.97 Å². The number of aromatic nitrogens is 1. The van der Waals surface area contributed by atoms with E-state index in [2.05, 4.69) is 16.4 Å². The number of pyridine rings is 1. The van der Waals surface area contributed by atoms with Crippen LogP contribution in [0.15, 0.2) is 12.1 Å². The number of amides is 2. The molecular formula is C15H21N3O3. The molecule has 0 saturated heterocycles. The Labute approximate surface area is 124 Å². The zero-order chi connectivity index (χ0) is 15.2. The van der Waals surface area contributed by atoms with Crippen molar-refractivity contribution in [3.05, 3.63) is 29.1 Å². The minimum absolute atomic E-state index is 0.0545. The molecule has 1 aromatic heterocycles. The van der Waals surface area contributed by atoms with Gasteiger partial charge in [0.15, 0.2) is 0 Å². The highest BCUT2D eigenvalue weighted by atomic mass is 16.4. The zero-order valence-electron chi connectivity index (χ0n) is 12.3. The molecule has 2 amide bonds. The summed E-state index contributed by atoms with van der Waals surface area (Å²) in [6, 6.07) is 3.76. The Morgan fingerprint density at radius 3 is 2.86 bits per heavy atom. The average molecular weight is 291 g/mol. The number of nitrogens with zero attached hydrogens (tertiary/aromatic N) is 2. The van der Waals surface area contributed by atoms with E-state index in [1.165, 1.54) is 23.3 Å². The molecule has 1 aliphatic carbocycles. The number of fused-ring (bicyclic) bond motifs is 1. The third-order valence-electron chi connectivity index (χ3n) is 3.66. The first-order chi connectivity index (χ1) is 10.1. The predicted molar refractivity (Wildman–Crippen MR) is 78.0 cm³/mol. The van der Waals surface area contributed by atoms with Crippen LogP contribution in [0.2, 0.25) is 0 Å². The van der Waals surface area contributed by atoms with E-state index in [0.29, 0.717) is 6.54 Å². The quantitative estimate of drug-likeness (QED) is 0.862. The van der Waals surface area contributed by atoms with Gasteiger partial charge in [0.2, 0.25) is 0 Å². The van der Waals surface area contributed by atoms with Gasteiger partial charge >= 0.3 is 12.0 Å². The van der Waals surface area contributed by atoms with E-state index in [-0.39, 0.29) is 19.0 Å². The Morgan fingerprint density at radius 2 is 2.10 bits per heavy atom. The number of carbonyl (C=O) groups is 2. The van der Waals surface area contributed by atoms with Crippen molar-refractivity contribution >= 4 is 12.0 Å². The number of nitrogens with one attached hydrogen (secondary N) is 1. The monoisotopic (exact) mass is 291 g/mol. The number of aryl methyl sites for hydroxylation is 2. The van der Waals surface area contributed by atoms with Gasteiger partial charge in [0.25, 0.3) is 0 Å². The number of rotatable bonds is 5. The van der Waals surface area contributed by atoms with Crippen molar-refractivity contribution in [1.29, 1.82) is 0 Å². The summed E-state index contributed by atoms with van der Waals surface area (Å²) in [6.07, 6.45) is 4.44. The van der Waals surface area contributed by atoms with E-state index in [1.54, 1.807) is 7.05 Å². The molecule has 1 heterocycles. The number of aliphatic carboxylic acids is 1. The van der Waals surface area contributed by atoms with Crippen LogP contribution in [0.25, 0.3) is 0 Å². The molecule has 1 aromatic rings. The fourth-order valence-electron chi connectivity index (χ4n) is 2.39. The average Bonchev–Trinajstić information content (AvgIpc) is 2.49. The minimum atomic E-state index is -0.911. The summed E-state index contributed by atoms with van der Waals surface area (Å²) in [5.74, 6) is -0.911. The first kappa shape index (κ1) is 15.3. The summed E-state index contributed by atoms with van der Waals surface area (Å²) in [4.78, 5) is 28.2. The highest BCUT2D eigenvalue weighted by Gasteiger charge is 2.13. The standard InChI is InChI=1S/C15H21N3O3/c1-18(9-8-14(19)20)15(21)16-10-12-7-6-11-4-2-3-5-13(11)17-12/h6-7H,2-5,8-10H2,1H3,(H,16,21)(H,19,20). The SMILES string of the molecule is CN(CCC(=O)O)C(=O)NCc1ccc2c(n1)CCCC2. The Bertz CT molecular complexity index is 531. The maximum atomic E-state index is 11.8. The lowest BCUT2D eigenvalue weighted by Crippen LogP contribution is -2.38. The molecule has 21 heavy (non-hydrogen) atoms. The van der Waals surface area contributed by atoms with Gasteiger partial charge < -0.3 is 15.3 Å². The van der Waals surface area contributed by atoms with Crippen LogP contribution in [0.3, 0.4) is 0 Å². The highest BCUT2D eigenvalue weighted by Crippen LogP contribution is 2.19. The molecule has 0 bridgehead atoms. The van der Waals surface area contributed by atoms with E-state index in [1.807, 2.05) is 6.07 Å². The molecule has 1 aliphatic rings. The lowest BCUT2D eigenvalue weighted by atomic mass is 9.96. The van der Waals surface area contributed by atoms with Crippen molar-refractivity contribution in [3.8, 4) is 0 Å². The molecule has 0 spiro atoms. The first-order valence-corrected chi connectivity index (χ1v) is 7.24. The molecule has 0 radical (unpaired) electrons. The molecule has 6 heteroatoms. The largest absolute Gasteiger partial charge is 0.481 e. The van der Waals surface area contributed by atoms with Crippen LogP contribution >= 0.6 is 0 Å². The highest BCUT2D eigenvalue weighted by molar-refractivity contribution is 5.74. The van der Waals surface area contributed by atoms with Crippen molar-refractivity contribution in [2.45, 2.75) is 38.6 Å². The van der Waals surface area contributed by atoms with Crippen LogP contribution in [-0.2, 0) is 24.2 Å². The predicted octanol–water partition coefficient (Wildman–Crippen LogP) is 1.58. The van der Waals surface area contributed by atoms with E-state index >= 15 is 0 Å². The second-order valence-electron chi connectivity index (χ2n) is 5.34. The van der Waals surface area contributed by atoms with Gasteiger partial charge in [-0.1, -0.05) is 6.07 Å². The Morgan fingerprint density at radius 1 is 1.33 bits per heavy atom. The fourth-order valence-corrected chi connectivity index (χ4v) is 2.39. The molecular weight excluding hydrogens is 270 g/mol. The van der Waals surface area contributed by atoms with E-state index in [9.17, 15) is 9.59 Å². The van der Waals surface area contributed by atoms with Crippen LogP contribution in [0.4, 0.5) is 4.79 Å². The molecule has 0 aromatic carbocycles. The number of hydrogen-bond donors (Lipinski definition) is 2. The van der Waals surface area contributed by atoms with Gasteiger partial charge in [-0.3, -0.25) is 9.78 Å². The first-order valence-electron chi connectivity index (χ1n) is 7.24. The number of hydrogen-bond acceptors (Lipinski definition) is 3. The van der Waals surface area contributed by atoms with Crippen LogP contribution < -0.4 is 5.32 Å². The summed E-state index contributed by atoms with van der Waals surface area (Å²) in [5, 5.41) is 11.4. The van der Waals surface area contributed by atoms with Crippen molar-refractivity contribution in [1.82, 2.24) is 15.2 Å². The van der Waals surface area contributed by atoms with Gasteiger partial charge in [0.05, 0.1) is 18.7 Å². The van der Waals surface area contributed by atoms with Gasteiger partial charge in [-0.15, -0.1) is 0 Å². The molecule has 114 valence electrons. The van der Waals surface area contributed by atoms with E-state index in [0.717, 1.165) is 24.2 Å². The van der Waals surface area contributed by atoms with Crippen molar-refractivity contribution in [2.75, 3.05) is 13.6 Å². The summed E-state index contributed by atoms with van der Waals surface area (Å²) in [5.41, 5.74) is 3.30. The van der Waals surface area contributed by atoms with Gasteiger partial charge in [-0.05, 0) is 37.3 Å². The number of carboxylic acids is 1. The summed E-state index contributed by atoms with van der Waals surface area (Å²) in [7, 11) is 1.58. The van der Waals surface area contributed by atoms with Crippen LogP contribution in [-0.4, -0.2) is 40.6 Å². The maximum absolute atomic E-state index is 11.8. The smallest absolute Gasteiger partial charge is 0.317 e. The molecule has 0 fully saturated rings. The maximum Gasteiger partial charge on any atom is 0.317 e. The molecule has 0 saturated carbocycles. The summed E-state index contributed by atoms with van der Waals surface area (Å²) < 4.78 is 0. The number of carbonyl (C=O) groups excluding carboxylic acids is 1. The lowest BCUT2D eigenvalue weighted by Gasteiger charge is -2.18. The molecule has 0 aliphatic heterocycles. The number of carboxylic acid groups (broad SMARTS) is 1. The van der Waals surface area contributed by atoms with Crippen LogP contribution in [0.1, 0.15) is 36.2 Å². The van der Waals surface area contributed by atoms with Crippen molar-refractivity contribution in [3.63, 3.8) is 0 Å². The minimum Gasteiger partial charge on any atom is -0.481 e. The molecule has 6 nitrogen and oxygen atoms in total. The topological polar surface area (TPSA) is 82.5 Å². The van der Waals surface area contributed by atoms with Crippen molar-refractivity contribution in [2.24, 2.45) is 0 Å². The molecule has 0 unspecified atom stereocenters. The lowest BCUT2D eigenvalue weighted by molar-refractivity contribution is -0.137. The normalized spacial score (nSPS) is 13.4. The number of urea groups is 1. The van der Waals surface area contributed by atoms with Gasteiger partial charge in [-0.2, -0.15) is 0 Å².